The van der Waals surface area contributed by atoms with Crippen molar-refractivity contribution in [1.29, 1.82) is 0 Å². The van der Waals surface area contributed by atoms with Gasteiger partial charge in [0.25, 0.3) is 0 Å². The van der Waals surface area contributed by atoms with E-state index in [-0.39, 0.29) is 5.95 Å². The first-order valence-corrected chi connectivity index (χ1v) is 8.77. The number of nitrogen functional groups attached to an aromatic ring is 1. The molecule has 5 rings (SSSR count). The van der Waals surface area contributed by atoms with Crippen LogP contribution in [0.1, 0.15) is 0 Å². The molecule has 0 saturated heterocycles. The van der Waals surface area contributed by atoms with Gasteiger partial charge in [0.2, 0.25) is 5.95 Å². The van der Waals surface area contributed by atoms with Gasteiger partial charge in [-0.3, -0.25) is 0 Å². The molecule has 0 atom stereocenters. The van der Waals surface area contributed by atoms with E-state index >= 15 is 0 Å². The Hall–Kier alpha value is -3.79. The summed E-state index contributed by atoms with van der Waals surface area (Å²) in [4.78, 5) is 13.6. The Morgan fingerprint density at radius 2 is 0.926 bits per heavy atom. The lowest BCUT2D eigenvalue weighted by atomic mass is 10.0. The fourth-order valence-corrected chi connectivity index (χ4v) is 3.47. The van der Waals surface area contributed by atoms with E-state index < -0.39 is 0 Å². The van der Waals surface area contributed by atoms with Crippen molar-refractivity contribution < 1.29 is 0 Å². The summed E-state index contributed by atoms with van der Waals surface area (Å²) >= 11 is 0. The van der Waals surface area contributed by atoms with Crippen molar-refractivity contribution >= 4 is 27.5 Å². The molecule has 5 aromatic rings. The number of nitrogens with zero attached hydrogens (tertiary/aromatic N) is 3. The van der Waals surface area contributed by atoms with E-state index in [1.165, 1.54) is 0 Å². The van der Waals surface area contributed by atoms with Crippen LogP contribution >= 0.6 is 0 Å². The van der Waals surface area contributed by atoms with E-state index in [9.17, 15) is 0 Å². The monoisotopic (exact) mass is 348 g/mol. The minimum atomic E-state index is 0.218. The van der Waals surface area contributed by atoms with Crippen molar-refractivity contribution in [2.45, 2.75) is 0 Å². The molecule has 0 aliphatic rings. The minimum absolute atomic E-state index is 0.218. The van der Waals surface area contributed by atoms with Crippen molar-refractivity contribution in [3.05, 3.63) is 84.9 Å². The molecule has 0 amide bonds. The molecule has 4 heteroatoms. The van der Waals surface area contributed by atoms with Gasteiger partial charge in [0.05, 0.1) is 0 Å². The summed E-state index contributed by atoms with van der Waals surface area (Å²) in [5, 5.41) is 4.46. The van der Waals surface area contributed by atoms with E-state index in [1.807, 2.05) is 48.5 Å². The Bertz CT molecular complexity index is 1190. The second kappa shape index (κ2) is 6.18. The molecule has 4 aromatic carbocycles. The minimum Gasteiger partial charge on any atom is -0.368 e. The summed E-state index contributed by atoms with van der Waals surface area (Å²) in [6, 6.07) is 28.6. The van der Waals surface area contributed by atoms with Crippen LogP contribution in [0.4, 0.5) is 5.95 Å². The third-order valence-electron chi connectivity index (χ3n) is 4.71. The average molecular weight is 348 g/mol. The number of rotatable bonds is 2. The number of aromatic nitrogens is 3. The highest BCUT2D eigenvalue weighted by molar-refractivity contribution is 5.97. The SMILES string of the molecule is Nc1nc(-c2cccc3ccccc23)nc(-c2cccc3ccccc23)n1. The third kappa shape index (κ3) is 2.68. The van der Waals surface area contributed by atoms with Gasteiger partial charge in [-0.15, -0.1) is 0 Å². The second-order valence-electron chi connectivity index (χ2n) is 6.39. The van der Waals surface area contributed by atoms with Crippen LogP contribution in [-0.4, -0.2) is 15.0 Å². The van der Waals surface area contributed by atoms with Crippen LogP contribution < -0.4 is 5.73 Å². The van der Waals surface area contributed by atoms with Crippen LogP contribution in [0, 0.1) is 0 Å². The van der Waals surface area contributed by atoms with E-state index in [2.05, 4.69) is 46.4 Å². The summed E-state index contributed by atoms with van der Waals surface area (Å²) in [6.07, 6.45) is 0. The number of anilines is 1. The number of benzene rings is 4. The van der Waals surface area contributed by atoms with Gasteiger partial charge in [-0.2, -0.15) is 9.97 Å². The molecule has 0 aliphatic heterocycles. The summed E-state index contributed by atoms with van der Waals surface area (Å²) in [7, 11) is 0. The Morgan fingerprint density at radius 1 is 0.481 bits per heavy atom. The van der Waals surface area contributed by atoms with Gasteiger partial charge in [-0.05, 0) is 21.5 Å². The van der Waals surface area contributed by atoms with E-state index in [1.54, 1.807) is 0 Å². The van der Waals surface area contributed by atoms with Crippen LogP contribution in [0.25, 0.3) is 44.3 Å². The number of hydrogen-bond acceptors (Lipinski definition) is 4. The fourth-order valence-electron chi connectivity index (χ4n) is 3.47. The lowest BCUT2D eigenvalue weighted by Crippen LogP contribution is -2.02. The molecule has 27 heavy (non-hydrogen) atoms. The second-order valence-corrected chi connectivity index (χ2v) is 6.39. The highest BCUT2D eigenvalue weighted by atomic mass is 15.1. The van der Waals surface area contributed by atoms with E-state index in [4.69, 9.17) is 10.7 Å². The molecule has 0 radical (unpaired) electrons. The van der Waals surface area contributed by atoms with Crippen LogP contribution in [0.15, 0.2) is 84.9 Å². The van der Waals surface area contributed by atoms with Crippen molar-refractivity contribution in [2.75, 3.05) is 5.73 Å². The Morgan fingerprint density at radius 3 is 1.44 bits per heavy atom. The zero-order valence-corrected chi connectivity index (χ0v) is 14.5. The normalized spacial score (nSPS) is 11.1. The lowest BCUT2D eigenvalue weighted by molar-refractivity contribution is 1.08. The maximum absolute atomic E-state index is 6.06. The molecule has 0 bridgehead atoms. The molecule has 0 aliphatic carbocycles. The van der Waals surface area contributed by atoms with Gasteiger partial charge in [-0.1, -0.05) is 84.9 Å². The molecule has 0 unspecified atom stereocenters. The van der Waals surface area contributed by atoms with Crippen LogP contribution in [0.5, 0.6) is 0 Å². The van der Waals surface area contributed by atoms with Crippen LogP contribution in [0.3, 0.4) is 0 Å². The molecule has 0 fully saturated rings. The molecule has 2 N–H and O–H groups in total. The molecular formula is C23H16N4. The van der Waals surface area contributed by atoms with Gasteiger partial charge in [0, 0.05) is 11.1 Å². The standard InChI is InChI=1S/C23H16N4/c24-23-26-21(19-13-5-9-15-7-1-3-11-17(15)19)25-22(27-23)20-14-6-10-16-8-2-4-12-18(16)20/h1-14H,(H2,24,25,26,27). The summed E-state index contributed by atoms with van der Waals surface area (Å²) < 4.78 is 0. The van der Waals surface area contributed by atoms with Gasteiger partial charge in [0.1, 0.15) is 0 Å². The summed E-state index contributed by atoms with van der Waals surface area (Å²) in [6.45, 7) is 0. The maximum Gasteiger partial charge on any atom is 0.224 e. The Balaban J connectivity index is 1.76. The largest absolute Gasteiger partial charge is 0.368 e. The fraction of sp³-hybridized carbons (Fsp3) is 0. The molecule has 128 valence electrons. The van der Waals surface area contributed by atoms with Crippen molar-refractivity contribution in [3.63, 3.8) is 0 Å². The molecule has 1 aromatic heterocycles. The van der Waals surface area contributed by atoms with Gasteiger partial charge in [-0.25, -0.2) is 4.98 Å². The predicted octanol–water partition coefficient (Wildman–Crippen LogP) is 5.09. The molecule has 0 saturated carbocycles. The van der Waals surface area contributed by atoms with Crippen molar-refractivity contribution in [1.82, 2.24) is 15.0 Å². The molecular weight excluding hydrogens is 332 g/mol. The first kappa shape index (κ1) is 15.5. The Labute approximate surface area is 156 Å². The van der Waals surface area contributed by atoms with Crippen molar-refractivity contribution in [2.24, 2.45) is 0 Å². The van der Waals surface area contributed by atoms with Gasteiger partial charge < -0.3 is 5.73 Å². The van der Waals surface area contributed by atoms with Crippen molar-refractivity contribution in [3.8, 4) is 22.8 Å². The van der Waals surface area contributed by atoms with E-state index in [0.29, 0.717) is 11.6 Å². The number of hydrogen-bond donors (Lipinski definition) is 1. The van der Waals surface area contributed by atoms with Gasteiger partial charge >= 0.3 is 0 Å². The highest BCUT2D eigenvalue weighted by Gasteiger charge is 2.13. The van der Waals surface area contributed by atoms with E-state index in [0.717, 1.165) is 32.7 Å². The topological polar surface area (TPSA) is 64.7 Å². The average Bonchev–Trinajstić information content (AvgIpc) is 2.72. The predicted molar refractivity (Wildman–Crippen MR) is 110 cm³/mol. The highest BCUT2D eigenvalue weighted by Crippen LogP contribution is 2.30. The quantitative estimate of drug-likeness (QED) is 0.482. The first-order valence-electron chi connectivity index (χ1n) is 8.77. The number of nitrogens with two attached hydrogens (primary N) is 1. The van der Waals surface area contributed by atoms with Gasteiger partial charge in [0.15, 0.2) is 11.6 Å². The molecule has 4 nitrogen and oxygen atoms in total. The zero-order valence-electron chi connectivity index (χ0n) is 14.5. The third-order valence-corrected chi connectivity index (χ3v) is 4.71. The zero-order chi connectivity index (χ0) is 18.2. The first-order chi connectivity index (χ1) is 13.3. The smallest absolute Gasteiger partial charge is 0.224 e. The van der Waals surface area contributed by atoms with Crippen LogP contribution in [-0.2, 0) is 0 Å². The number of fused-ring (bicyclic) bond motifs is 2. The maximum atomic E-state index is 6.06. The lowest BCUT2D eigenvalue weighted by Gasteiger charge is -2.09. The molecule has 0 spiro atoms. The van der Waals surface area contributed by atoms with Crippen LogP contribution in [0.2, 0.25) is 0 Å². The summed E-state index contributed by atoms with van der Waals surface area (Å²) in [5.41, 5.74) is 7.96. The summed E-state index contributed by atoms with van der Waals surface area (Å²) in [5.74, 6) is 1.39. The Kier molecular flexibility index (Phi) is 3.54. The molecule has 1 heterocycles.